The summed E-state index contributed by atoms with van der Waals surface area (Å²) in [5.74, 6) is -1.18. The van der Waals surface area contributed by atoms with Gasteiger partial charge in [0, 0.05) is 34.0 Å². The Morgan fingerprint density at radius 1 is 1.47 bits per heavy atom. The Morgan fingerprint density at radius 3 is 2.76 bits per heavy atom. The third-order valence-corrected chi connectivity index (χ3v) is 2.67. The first-order chi connectivity index (χ1) is 7.61. The van der Waals surface area contributed by atoms with E-state index in [1.807, 2.05) is 0 Å². The molecule has 84 valence electrons. The number of hydrogen-bond acceptors (Lipinski definition) is 3. The molecule has 0 aliphatic carbocycles. The quantitative estimate of drug-likeness (QED) is 0.606. The maximum atomic E-state index is 10.6. The normalized spacial score (nSPS) is 10.2. The van der Waals surface area contributed by atoms with Crippen LogP contribution in [0.3, 0.4) is 0 Å². The first kappa shape index (κ1) is 14.5. The minimum Gasteiger partial charge on any atom is -0.550 e. The van der Waals surface area contributed by atoms with Gasteiger partial charge in [-0.15, -0.1) is 0 Å². The molecular formula is C11H9ClNNaO3. The van der Waals surface area contributed by atoms with Crippen molar-refractivity contribution < 1.29 is 44.6 Å². The van der Waals surface area contributed by atoms with E-state index >= 15 is 0 Å². The fourth-order valence-electron chi connectivity index (χ4n) is 1.76. The zero-order chi connectivity index (χ0) is 11.7. The monoisotopic (exact) mass is 261 g/mol. The van der Waals surface area contributed by atoms with Crippen molar-refractivity contribution in [1.82, 2.24) is 4.98 Å². The van der Waals surface area contributed by atoms with E-state index in [1.165, 1.54) is 0 Å². The number of fused-ring (bicyclic) bond motifs is 1. The first-order valence-electron chi connectivity index (χ1n) is 4.71. The smallest absolute Gasteiger partial charge is 0.550 e. The Morgan fingerprint density at radius 2 is 2.18 bits per heavy atom. The van der Waals surface area contributed by atoms with E-state index in [-0.39, 0.29) is 42.6 Å². The number of hydrogen-bond donors (Lipinski definition) is 2. The van der Waals surface area contributed by atoms with Gasteiger partial charge in [-0.1, -0.05) is 17.7 Å². The second-order valence-corrected chi connectivity index (χ2v) is 3.92. The fourth-order valence-corrected chi connectivity index (χ4v) is 1.94. The number of benzene rings is 1. The van der Waals surface area contributed by atoms with E-state index in [2.05, 4.69) is 4.98 Å². The number of aliphatic carboxylic acids is 1. The van der Waals surface area contributed by atoms with Crippen LogP contribution in [0.15, 0.2) is 18.2 Å². The summed E-state index contributed by atoms with van der Waals surface area (Å²) in [6.45, 7) is -0.241. The Kier molecular flexibility index (Phi) is 5.04. The third-order valence-electron chi connectivity index (χ3n) is 2.44. The van der Waals surface area contributed by atoms with Crippen LogP contribution in [-0.4, -0.2) is 16.1 Å². The number of aromatic amines is 1. The summed E-state index contributed by atoms with van der Waals surface area (Å²) < 4.78 is 0. The molecule has 1 heterocycles. The Bertz CT molecular complexity index is 553. The van der Waals surface area contributed by atoms with Gasteiger partial charge in [0.25, 0.3) is 0 Å². The predicted molar refractivity (Wildman–Crippen MR) is 57.9 cm³/mol. The SMILES string of the molecule is O=C([O-])Cc1c(CO)[nH]c2cc(Cl)ccc12.[Na+]. The summed E-state index contributed by atoms with van der Waals surface area (Å²) in [5.41, 5.74) is 1.75. The molecule has 1 aromatic carbocycles. The number of carboxylic acid groups (broad SMARTS) is 1. The topological polar surface area (TPSA) is 76.2 Å². The van der Waals surface area contributed by atoms with Crippen LogP contribution in [0.2, 0.25) is 5.02 Å². The summed E-state index contributed by atoms with van der Waals surface area (Å²) in [4.78, 5) is 13.5. The summed E-state index contributed by atoms with van der Waals surface area (Å²) in [5, 5.41) is 21.0. The van der Waals surface area contributed by atoms with Crippen molar-refractivity contribution in [2.75, 3.05) is 0 Å². The van der Waals surface area contributed by atoms with Crippen molar-refractivity contribution >= 4 is 28.5 Å². The minimum absolute atomic E-state index is 0. The number of halogens is 1. The molecule has 0 fully saturated rings. The second-order valence-electron chi connectivity index (χ2n) is 3.48. The van der Waals surface area contributed by atoms with Gasteiger partial charge in [0.2, 0.25) is 0 Å². The molecule has 6 heteroatoms. The summed E-state index contributed by atoms with van der Waals surface area (Å²) >= 11 is 5.82. The van der Waals surface area contributed by atoms with Crippen LogP contribution in [0.5, 0.6) is 0 Å². The van der Waals surface area contributed by atoms with Crippen molar-refractivity contribution in [2.45, 2.75) is 13.0 Å². The molecule has 0 atom stereocenters. The van der Waals surface area contributed by atoms with Gasteiger partial charge in [-0.05, 0) is 17.7 Å². The molecular weight excluding hydrogens is 253 g/mol. The van der Waals surface area contributed by atoms with Gasteiger partial charge in [0.15, 0.2) is 0 Å². The van der Waals surface area contributed by atoms with Crippen LogP contribution in [0, 0.1) is 0 Å². The van der Waals surface area contributed by atoms with E-state index in [4.69, 9.17) is 16.7 Å². The molecule has 0 bridgehead atoms. The van der Waals surface area contributed by atoms with Gasteiger partial charge in [0.05, 0.1) is 6.61 Å². The van der Waals surface area contributed by atoms with Crippen LogP contribution < -0.4 is 34.7 Å². The van der Waals surface area contributed by atoms with Crippen molar-refractivity contribution in [2.24, 2.45) is 0 Å². The van der Waals surface area contributed by atoms with E-state index in [0.717, 1.165) is 5.39 Å². The number of nitrogens with one attached hydrogen (secondary N) is 1. The molecule has 0 aliphatic rings. The summed E-state index contributed by atoms with van der Waals surface area (Å²) in [6, 6.07) is 5.10. The molecule has 0 unspecified atom stereocenters. The number of aliphatic hydroxyl groups excluding tert-OH is 1. The van der Waals surface area contributed by atoms with Gasteiger partial charge < -0.3 is 20.0 Å². The Labute approximate surface area is 125 Å². The van der Waals surface area contributed by atoms with Gasteiger partial charge in [-0.3, -0.25) is 0 Å². The van der Waals surface area contributed by atoms with Gasteiger partial charge >= 0.3 is 29.6 Å². The fraction of sp³-hybridized carbons (Fsp3) is 0.182. The van der Waals surface area contributed by atoms with Gasteiger partial charge in [-0.25, -0.2) is 0 Å². The maximum Gasteiger partial charge on any atom is 1.00 e. The van der Waals surface area contributed by atoms with Crippen LogP contribution in [0.1, 0.15) is 11.3 Å². The zero-order valence-electron chi connectivity index (χ0n) is 9.29. The molecule has 17 heavy (non-hydrogen) atoms. The average molecular weight is 262 g/mol. The van der Waals surface area contributed by atoms with Crippen molar-refractivity contribution in [3.8, 4) is 0 Å². The molecule has 2 aromatic rings. The minimum atomic E-state index is -1.18. The van der Waals surface area contributed by atoms with Crippen molar-refractivity contribution in [1.29, 1.82) is 0 Å². The molecule has 0 saturated carbocycles. The number of carbonyl (C=O) groups is 1. The molecule has 0 aliphatic heterocycles. The van der Waals surface area contributed by atoms with E-state index in [9.17, 15) is 9.90 Å². The Hall–Kier alpha value is -0.520. The number of H-pyrrole nitrogens is 1. The average Bonchev–Trinajstić information content (AvgIpc) is 2.55. The van der Waals surface area contributed by atoms with Crippen molar-refractivity contribution in [3.05, 3.63) is 34.5 Å². The maximum absolute atomic E-state index is 10.6. The third kappa shape index (κ3) is 3.03. The molecule has 2 rings (SSSR count). The van der Waals surface area contributed by atoms with Crippen LogP contribution >= 0.6 is 11.6 Å². The van der Waals surface area contributed by atoms with Gasteiger partial charge in [-0.2, -0.15) is 0 Å². The number of carboxylic acids is 1. The molecule has 0 saturated heterocycles. The van der Waals surface area contributed by atoms with E-state index in [1.54, 1.807) is 18.2 Å². The Balaban J connectivity index is 0.00000144. The summed E-state index contributed by atoms with van der Waals surface area (Å²) in [6.07, 6.45) is -0.225. The summed E-state index contributed by atoms with van der Waals surface area (Å²) in [7, 11) is 0. The number of carbonyl (C=O) groups excluding carboxylic acids is 1. The van der Waals surface area contributed by atoms with Crippen LogP contribution in [0.4, 0.5) is 0 Å². The largest absolute Gasteiger partial charge is 1.00 e. The second kappa shape index (κ2) is 5.89. The first-order valence-corrected chi connectivity index (χ1v) is 5.09. The molecule has 1 aromatic heterocycles. The number of rotatable bonds is 3. The predicted octanol–water partition coefficient (Wildman–Crippen LogP) is -2.39. The number of aliphatic hydroxyl groups is 1. The van der Waals surface area contributed by atoms with E-state index < -0.39 is 5.97 Å². The van der Waals surface area contributed by atoms with Crippen LogP contribution in [-0.2, 0) is 17.8 Å². The zero-order valence-corrected chi connectivity index (χ0v) is 12.0. The standard InChI is InChI=1S/C11H10ClNO3.Na/c12-6-1-2-7-8(4-11(15)16)10(5-14)13-9(7)3-6;/h1-3,13-14H,4-5H2,(H,15,16);/q;+1/p-1. The van der Waals surface area contributed by atoms with Crippen LogP contribution in [0.25, 0.3) is 10.9 Å². The van der Waals surface area contributed by atoms with Gasteiger partial charge in [0.1, 0.15) is 0 Å². The molecule has 0 amide bonds. The number of aromatic nitrogens is 1. The molecule has 2 N–H and O–H groups in total. The molecule has 0 spiro atoms. The van der Waals surface area contributed by atoms with E-state index in [0.29, 0.717) is 21.8 Å². The van der Waals surface area contributed by atoms with Crippen molar-refractivity contribution in [3.63, 3.8) is 0 Å². The molecule has 0 radical (unpaired) electrons. The molecule has 4 nitrogen and oxygen atoms in total.